The van der Waals surface area contributed by atoms with E-state index in [1.807, 2.05) is 0 Å². The topological polar surface area (TPSA) is 21.6 Å². The summed E-state index contributed by atoms with van der Waals surface area (Å²) in [6.07, 6.45) is 2.07. The number of nitrogens with zero attached hydrogens (tertiary/aromatic N) is 1. The third kappa shape index (κ3) is 2.66. The summed E-state index contributed by atoms with van der Waals surface area (Å²) in [6.45, 7) is 7.27. The van der Waals surface area contributed by atoms with E-state index in [-0.39, 0.29) is 0 Å². The summed E-state index contributed by atoms with van der Waals surface area (Å²) in [5, 5.41) is 0. The van der Waals surface area contributed by atoms with E-state index >= 15 is 0 Å². The van der Waals surface area contributed by atoms with Gasteiger partial charge in [0.05, 0.1) is 12.6 Å². The van der Waals surface area contributed by atoms with Gasteiger partial charge in [-0.25, -0.2) is 0 Å². The van der Waals surface area contributed by atoms with Gasteiger partial charge in [0.1, 0.15) is 0 Å². The van der Waals surface area contributed by atoms with Gasteiger partial charge in [-0.1, -0.05) is 5.57 Å². The van der Waals surface area contributed by atoms with Gasteiger partial charge in [0.15, 0.2) is 0 Å². The summed E-state index contributed by atoms with van der Waals surface area (Å²) in [4.78, 5) is 4.61. The first-order chi connectivity index (χ1) is 6.15. The predicted octanol–water partition coefficient (Wildman–Crippen LogP) is 2.59. The zero-order valence-electron chi connectivity index (χ0n) is 9.05. The van der Waals surface area contributed by atoms with Gasteiger partial charge in [-0.15, -0.1) is 0 Å². The summed E-state index contributed by atoms with van der Waals surface area (Å²) in [7, 11) is 1.74. The van der Waals surface area contributed by atoms with Gasteiger partial charge in [-0.2, -0.15) is 0 Å². The van der Waals surface area contributed by atoms with Crippen molar-refractivity contribution in [3.05, 3.63) is 11.1 Å². The summed E-state index contributed by atoms with van der Waals surface area (Å²) in [5.74, 6) is 0. The highest BCUT2D eigenvalue weighted by molar-refractivity contribution is 6.02. The van der Waals surface area contributed by atoms with Gasteiger partial charge in [0.2, 0.25) is 0 Å². The highest BCUT2D eigenvalue weighted by atomic mass is 16.5. The number of aliphatic imine (C=N–C) groups is 1. The van der Waals surface area contributed by atoms with Crippen molar-refractivity contribution in [2.75, 3.05) is 13.7 Å². The molecule has 0 fully saturated rings. The maximum Gasteiger partial charge on any atom is 0.0517 e. The lowest BCUT2D eigenvalue weighted by Gasteiger charge is -2.04. The van der Waals surface area contributed by atoms with E-state index in [0.29, 0.717) is 6.04 Å². The molecule has 2 heteroatoms. The van der Waals surface area contributed by atoms with E-state index in [2.05, 4.69) is 25.8 Å². The van der Waals surface area contributed by atoms with Crippen LogP contribution in [-0.2, 0) is 4.74 Å². The molecule has 1 heterocycles. The average molecular weight is 181 g/mol. The quantitative estimate of drug-likeness (QED) is 0.655. The van der Waals surface area contributed by atoms with Crippen molar-refractivity contribution >= 4 is 5.71 Å². The van der Waals surface area contributed by atoms with Crippen LogP contribution in [0.5, 0.6) is 0 Å². The zero-order valence-corrected chi connectivity index (χ0v) is 9.05. The molecule has 1 unspecified atom stereocenters. The average Bonchev–Trinajstić information content (AvgIpc) is 2.43. The standard InChI is InChI=1S/C11H19NO/c1-8(2)10-7-9(3)12-11(10)5-6-13-4/h9H,5-7H2,1-4H3. The molecule has 0 N–H and O–H groups in total. The fourth-order valence-electron chi connectivity index (χ4n) is 1.71. The highest BCUT2D eigenvalue weighted by Gasteiger charge is 2.19. The van der Waals surface area contributed by atoms with Crippen LogP contribution >= 0.6 is 0 Å². The molecule has 0 aromatic carbocycles. The van der Waals surface area contributed by atoms with Gasteiger partial charge in [0.25, 0.3) is 0 Å². The van der Waals surface area contributed by atoms with Crippen molar-refractivity contribution < 1.29 is 4.74 Å². The first kappa shape index (κ1) is 10.5. The Labute approximate surface area is 80.7 Å². The van der Waals surface area contributed by atoms with Gasteiger partial charge in [-0.05, 0) is 32.8 Å². The molecule has 1 aliphatic rings. The molecule has 0 saturated heterocycles. The Balaban J connectivity index is 2.69. The van der Waals surface area contributed by atoms with E-state index in [9.17, 15) is 0 Å². The lowest BCUT2D eigenvalue weighted by atomic mass is 10.0. The Kier molecular flexibility index (Phi) is 3.67. The minimum atomic E-state index is 0.469. The Morgan fingerprint density at radius 2 is 2.23 bits per heavy atom. The molecule has 0 spiro atoms. The van der Waals surface area contributed by atoms with Crippen LogP contribution < -0.4 is 0 Å². The second-order valence-electron chi connectivity index (χ2n) is 3.85. The van der Waals surface area contributed by atoms with Gasteiger partial charge in [-0.3, -0.25) is 4.99 Å². The van der Waals surface area contributed by atoms with Crippen molar-refractivity contribution in [2.45, 2.75) is 39.7 Å². The highest BCUT2D eigenvalue weighted by Crippen LogP contribution is 2.24. The molecule has 1 atom stereocenters. The van der Waals surface area contributed by atoms with E-state index in [0.717, 1.165) is 19.4 Å². The second-order valence-corrected chi connectivity index (χ2v) is 3.85. The number of hydrogen-bond acceptors (Lipinski definition) is 2. The summed E-state index contributed by atoms with van der Waals surface area (Å²) >= 11 is 0. The molecule has 2 nitrogen and oxygen atoms in total. The lowest BCUT2D eigenvalue weighted by Crippen LogP contribution is -2.03. The third-order valence-electron chi connectivity index (χ3n) is 2.37. The van der Waals surface area contributed by atoms with Crippen molar-refractivity contribution in [1.29, 1.82) is 0 Å². The van der Waals surface area contributed by atoms with Crippen LogP contribution in [0.4, 0.5) is 0 Å². The summed E-state index contributed by atoms with van der Waals surface area (Å²) < 4.78 is 5.06. The minimum absolute atomic E-state index is 0.469. The van der Waals surface area contributed by atoms with E-state index in [1.165, 1.54) is 16.9 Å². The molecule has 0 aromatic rings. The molecule has 0 saturated carbocycles. The number of allylic oxidation sites excluding steroid dienone is 1. The molecule has 0 aliphatic carbocycles. The normalized spacial score (nSPS) is 22.0. The fourth-order valence-corrected chi connectivity index (χ4v) is 1.71. The number of methoxy groups -OCH3 is 1. The molecule has 1 aliphatic heterocycles. The van der Waals surface area contributed by atoms with E-state index in [4.69, 9.17) is 4.74 Å². The largest absolute Gasteiger partial charge is 0.384 e. The van der Waals surface area contributed by atoms with Crippen LogP contribution in [0.15, 0.2) is 16.1 Å². The predicted molar refractivity (Wildman–Crippen MR) is 56.4 cm³/mol. The Morgan fingerprint density at radius 3 is 2.77 bits per heavy atom. The third-order valence-corrected chi connectivity index (χ3v) is 2.37. The number of rotatable bonds is 3. The monoisotopic (exact) mass is 181 g/mol. The smallest absolute Gasteiger partial charge is 0.0517 e. The van der Waals surface area contributed by atoms with Crippen LogP contribution in [0, 0.1) is 0 Å². The van der Waals surface area contributed by atoms with Gasteiger partial charge >= 0.3 is 0 Å². The van der Waals surface area contributed by atoms with Gasteiger partial charge in [0, 0.05) is 19.2 Å². The number of ether oxygens (including phenoxy) is 1. The molecule has 0 aromatic heterocycles. The molecule has 0 radical (unpaired) electrons. The van der Waals surface area contributed by atoms with Crippen LogP contribution in [0.3, 0.4) is 0 Å². The van der Waals surface area contributed by atoms with Crippen LogP contribution in [0.25, 0.3) is 0 Å². The van der Waals surface area contributed by atoms with Crippen LogP contribution in [-0.4, -0.2) is 25.5 Å². The Bertz CT molecular complexity index is 236. The number of hydrogen-bond donors (Lipinski definition) is 0. The second kappa shape index (κ2) is 4.56. The van der Waals surface area contributed by atoms with Crippen LogP contribution in [0.2, 0.25) is 0 Å². The van der Waals surface area contributed by atoms with Crippen LogP contribution in [0.1, 0.15) is 33.6 Å². The van der Waals surface area contributed by atoms with Crippen molar-refractivity contribution in [2.24, 2.45) is 4.99 Å². The SMILES string of the molecule is COCCC1=NC(C)CC1=C(C)C. The maximum atomic E-state index is 5.06. The van der Waals surface area contributed by atoms with Crippen molar-refractivity contribution in [3.63, 3.8) is 0 Å². The van der Waals surface area contributed by atoms with Gasteiger partial charge < -0.3 is 4.74 Å². The van der Waals surface area contributed by atoms with E-state index < -0.39 is 0 Å². The molecule has 13 heavy (non-hydrogen) atoms. The Morgan fingerprint density at radius 1 is 1.54 bits per heavy atom. The molecule has 0 bridgehead atoms. The summed E-state index contributed by atoms with van der Waals surface area (Å²) in [6, 6.07) is 0.469. The van der Waals surface area contributed by atoms with Crippen molar-refractivity contribution in [1.82, 2.24) is 0 Å². The first-order valence-corrected chi connectivity index (χ1v) is 4.87. The fraction of sp³-hybridized carbons (Fsp3) is 0.727. The van der Waals surface area contributed by atoms with Crippen molar-refractivity contribution in [3.8, 4) is 0 Å². The molecular weight excluding hydrogens is 162 g/mol. The first-order valence-electron chi connectivity index (χ1n) is 4.87. The molecule has 74 valence electrons. The zero-order chi connectivity index (χ0) is 9.84. The van der Waals surface area contributed by atoms with E-state index in [1.54, 1.807) is 7.11 Å². The summed E-state index contributed by atoms with van der Waals surface area (Å²) in [5.41, 5.74) is 4.11. The molecule has 1 rings (SSSR count). The minimum Gasteiger partial charge on any atom is -0.384 e. The molecule has 0 amide bonds. The maximum absolute atomic E-state index is 5.06. The lowest BCUT2D eigenvalue weighted by molar-refractivity contribution is 0.207. The molecular formula is C11H19NO. The Hall–Kier alpha value is -0.630.